The maximum absolute atomic E-state index is 12.5. The summed E-state index contributed by atoms with van der Waals surface area (Å²) in [6, 6.07) is 22.9. The third-order valence-corrected chi connectivity index (χ3v) is 4.78. The third kappa shape index (κ3) is 3.04. The number of H-pyrrole nitrogens is 1. The van der Waals surface area contributed by atoms with Crippen LogP contribution in [0.3, 0.4) is 0 Å². The minimum atomic E-state index is -0.478. The molecule has 3 aromatic carbocycles. The number of nitrogens with zero attached hydrogens (tertiary/aromatic N) is 2. The molecule has 0 spiro atoms. The second-order valence-electron chi connectivity index (χ2n) is 6.63. The van der Waals surface area contributed by atoms with Gasteiger partial charge in [-0.05, 0) is 29.0 Å². The standard InChI is InChI=1S/C22H15N5O2/c28-21(27-26-20-16-7-3-4-8-17(16)23-22(20)29)19-12-18(24-25-19)15-10-9-13-5-1-2-6-14(13)11-15/h1-12H,(H,24,25)(H,27,28)(H,23,26,29). The molecule has 0 atom stereocenters. The van der Waals surface area contributed by atoms with E-state index < -0.39 is 5.91 Å². The van der Waals surface area contributed by atoms with E-state index in [1.54, 1.807) is 24.3 Å². The number of fused-ring (bicyclic) bond motifs is 2. The lowest BCUT2D eigenvalue weighted by atomic mass is 10.1. The van der Waals surface area contributed by atoms with E-state index in [0.29, 0.717) is 16.9 Å². The largest absolute Gasteiger partial charge is 0.320 e. The Morgan fingerprint density at radius 3 is 2.62 bits per heavy atom. The van der Waals surface area contributed by atoms with E-state index in [9.17, 15) is 9.59 Å². The topological polar surface area (TPSA) is 99.2 Å². The van der Waals surface area contributed by atoms with Gasteiger partial charge in [0.2, 0.25) is 0 Å². The lowest BCUT2D eigenvalue weighted by Crippen LogP contribution is -2.23. The summed E-state index contributed by atoms with van der Waals surface area (Å²) in [5.41, 5.74) is 5.72. The first kappa shape index (κ1) is 16.9. The van der Waals surface area contributed by atoms with Crippen molar-refractivity contribution in [2.24, 2.45) is 5.10 Å². The number of hydrogen-bond donors (Lipinski definition) is 3. The highest BCUT2D eigenvalue weighted by Crippen LogP contribution is 2.24. The van der Waals surface area contributed by atoms with Gasteiger partial charge in [0.25, 0.3) is 11.8 Å². The third-order valence-electron chi connectivity index (χ3n) is 4.78. The quantitative estimate of drug-likeness (QED) is 0.475. The molecule has 5 rings (SSSR count). The molecule has 2 heterocycles. The SMILES string of the molecule is O=C1Nc2ccccc2/C1=N\NC(=O)c1cc(-c2ccc3ccccc3c2)n[nH]1. The molecule has 1 aliphatic rings. The molecule has 4 aromatic rings. The minimum absolute atomic E-state index is 0.170. The molecule has 0 fully saturated rings. The van der Waals surface area contributed by atoms with Crippen LogP contribution < -0.4 is 10.7 Å². The molecular formula is C22H15N5O2. The molecule has 29 heavy (non-hydrogen) atoms. The van der Waals surface area contributed by atoms with Crippen molar-refractivity contribution in [1.82, 2.24) is 15.6 Å². The Balaban J connectivity index is 1.38. The highest BCUT2D eigenvalue weighted by molar-refractivity contribution is 6.53. The van der Waals surface area contributed by atoms with E-state index in [1.807, 2.05) is 48.5 Å². The summed E-state index contributed by atoms with van der Waals surface area (Å²) in [5.74, 6) is -0.831. The molecule has 1 aromatic heterocycles. The molecule has 0 unspecified atom stereocenters. The maximum Gasteiger partial charge on any atom is 0.289 e. The number of carbonyl (C=O) groups is 2. The van der Waals surface area contributed by atoms with Crippen LogP contribution in [0.4, 0.5) is 5.69 Å². The van der Waals surface area contributed by atoms with Crippen molar-refractivity contribution in [3.63, 3.8) is 0 Å². The number of amides is 2. The van der Waals surface area contributed by atoms with Gasteiger partial charge in [0.15, 0.2) is 5.71 Å². The van der Waals surface area contributed by atoms with Crippen molar-refractivity contribution >= 4 is 34.0 Å². The number of benzene rings is 3. The van der Waals surface area contributed by atoms with Gasteiger partial charge in [0, 0.05) is 11.1 Å². The average molecular weight is 381 g/mol. The fourth-order valence-corrected chi connectivity index (χ4v) is 3.31. The number of hydrogen-bond acceptors (Lipinski definition) is 4. The summed E-state index contributed by atoms with van der Waals surface area (Å²) in [5, 5.41) is 15.9. The summed E-state index contributed by atoms with van der Waals surface area (Å²) in [6.07, 6.45) is 0. The van der Waals surface area contributed by atoms with Gasteiger partial charge in [-0.25, -0.2) is 5.43 Å². The Hall–Kier alpha value is -4.26. The normalized spacial score (nSPS) is 14.1. The number of carbonyl (C=O) groups excluding carboxylic acids is 2. The van der Waals surface area contributed by atoms with Gasteiger partial charge in [-0.15, -0.1) is 0 Å². The number of rotatable bonds is 3. The summed E-state index contributed by atoms with van der Waals surface area (Å²) >= 11 is 0. The van der Waals surface area contributed by atoms with Crippen LogP contribution in [0.2, 0.25) is 0 Å². The lowest BCUT2D eigenvalue weighted by Gasteiger charge is -2.00. The molecule has 140 valence electrons. The number of aromatic amines is 1. The van der Waals surface area contributed by atoms with E-state index >= 15 is 0 Å². The van der Waals surface area contributed by atoms with Gasteiger partial charge >= 0.3 is 0 Å². The van der Waals surface area contributed by atoms with Gasteiger partial charge in [-0.2, -0.15) is 10.2 Å². The number of para-hydroxylation sites is 1. The van der Waals surface area contributed by atoms with E-state index in [2.05, 4.69) is 26.0 Å². The van der Waals surface area contributed by atoms with E-state index in [1.165, 1.54) is 0 Å². The van der Waals surface area contributed by atoms with Crippen LogP contribution in [0.1, 0.15) is 16.1 Å². The summed E-state index contributed by atoms with van der Waals surface area (Å²) in [4.78, 5) is 24.5. The van der Waals surface area contributed by atoms with Crippen LogP contribution in [0, 0.1) is 0 Å². The van der Waals surface area contributed by atoms with Crippen molar-refractivity contribution in [1.29, 1.82) is 0 Å². The van der Waals surface area contributed by atoms with Crippen LogP contribution in [0.15, 0.2) is 77.9 Å². The Labute approximate surface area is 165 Å². The van der Waals surface area contributed by atoms with Gasteiger partial charge in [0.1, 0.15) is 5.69 Å². The smallest absolute Gasteiger partial charge is 0.289 e. The van der Waals surface area contributed by atoms with Crippen molar-refractivity contribution in [2.75, 3.05) is 5.32 Å². The molecule has 7 heteroatoms. The van der Waals surface area contributed by atoms with Crippen molar-refractivity contribution < 1.29 is 9.59 Å². The molecule has 0 radical (unpaired) electrons. The summed E-state index contributed by atoms with van der Waals surface area (Å²) in [6.45, 7) is 0. The minimum Gasteiger partial charge on any atom is -0.320 e. The van der Waals surface area contributed by atoms with E-state index in [4.69, 9.17) is 0 Å². The number of aromatic nitrogens is 2. The van der Waals surface area contributed by atoms with Crippen LogP contribution >= 0.6 is 0 Å². The van der Waals surface area contributed by atoms with Crippen LogP contribution in [0.25, 0.3) is 22.0 Å². The highest BCUT2D eigenvalue weighted by Gasteiger charge is 2.25. The monoisotopic (exact) mass is 381 g/mol. The zero-order valence-corrected chi connectivity index (χ0v) is 15.1. The van der Waals surface area contributed by atoms with Crippen LogP contribution in [-0.2, 0) is 4.79 Å². The Bertz CT molecular complexity index is 1310. The zero-order chi connectivity index (χ0) is 19.8. The molecular weight excluding hydrogens is 366 g/mol. The fraction of sp³-hybridized carbons (Fsp3) is 0. The predicted molar refractivity (Wildman–Crippen MR) is 111 cm³/mol. The first-order chi connectivity index (χ1) is 14.2. The molecule has 7 nitrogen and oxygen atoms in total. The summed E-state index contributed by atoms with van der Waals surface area (Å²) in [7, 11) is 0. The van der Waals surface area contributed by atoms with Gasteiger partial charge < -0.3 is 5.32 Å². The van der Waals surface area contributed by atoms with Gasteiger partial charge in [-0.1, -0.05) is 54.6 Å². The predicted octanol–water partition coefficient (Wildman–Crippen LogP) is 3.32. The lowest BCUT2D eigenvalue weighted by molar-refractivity contribution is -0.110. The molecule has 0 aliphatic carbocycles. The zero-order valence-electron chi connectivity index (χ0n) is 15.1. The molecule has 0 saturated heterocycles. The second kappa shape index (κ2) is 6.72. The van der Waals surface area contributed by atoms with Crippen LogP contribution in [0.5, 0.6) is 0 Å². The molecule has 0 saturated carbocycles. The number of anilines is 1. The van der Waals surface area contributed by atoms with Crippen molar-refractivity contribution in [2.45, 2.75) is 0 Å². The van der Waals surface area contributed by atoms with E-state index in [-0.39, 0.29) is 17.3 Å². The summed E-state index contributed by atoms with van der Waals surface area (Å²) < 4.78 is 0. The Morgan fingerprint density at radius 2 is 1.72 bits per heavy atom. The first-order valence-electron chi connectivity index (χ1n) is 9.02. The van der Waals surface area contributed by atoms with Gasteiger partial charge in [-0.3, -0.25) is 14.7 Å². The van der Waals surface area contributed by atoms with Crippen molar-refractivity contribution in [3.8, 4) is 11.3 Å². The Kier molecular flexibility index (Phi) is 3.91. The molecule has 1 aliphatic heterocycles. The van der Waals surface area contributed by atoms with E-state index in [0.717, 1.165) is 16.3 Å². The number of hydrazone groups is 1. The molecule has 3 N–H and O–H groups in total. The fourth-order valence-electron chi connectivity index (χ4n) is 3.31. The second-order valence-corrected chi connectivity index (χ2v) is 6.63. The first-order valence-corrected chi connectivity index (χ1v) is 9.02. The molecule has 0 bridgehead atoms. The maximum atomic E-state index is 12.5. The van der Waals surface area contributed by atoms with Crippen LogP contribution in [-0.4, -0.2) is 27.7 Å². The highest BCUT2D eigenvalue weighted by atomic mass is 16.2. The van der Waals surface area contributed by atoms with Gasteiger partial charge in [0.05, 0.1) is 11.4 Å². The number of nitrogens with one attached hydrogen (secondary N) is 3. The Morgan fingerprint density at radius 1 is 0.931 bits per heavy atom. The molecule has 2 amide bonds. The average Bonchev–Trinajstić information content (AvgIpc) is 3.36. The van der Waals surface area contributed by atoms with Crippen molar-refractivity contribution in [3.05, 3.63) is 84.1 Å².